The first-order valence-corrected chi connectivity index (χ1v) is 5.71. The molecule has 0 bridgehead atoms. The van der Waals surface area contributed by atoms with Crippen LogP contribution in [0.3, 0.4) is 0 Å². The summed E-state index contributed by atoms with van der Waals surface area (Å²) >= 11 is 0. The van der Waals surface area contributed by atoms with E-state index in [0.717, 1.165) is 12.8 Å². The van der Waals surface area contributed by atoms with Crippen molar-refractivity contribution in [1.29, 1.82) is 0 Å². The number of hydrazine groups is 1. The van der Waals surface area contributed by atoms with Gasteiger partial charge in [-0.3, -0.25) is 16.3 Å². The zero-order valence-electron chi connectivity index (χ0n) is 9.45. The summed E-state index contributed by atoms with van der Waals surface area (Å²) in [6.07, 6.45) is 9.59. The molecule has 0 aliphatic rings. The van der Waals surface area contributed by atoms with Gasteiger partial charge in [0.25, 0.3) is 0 Å². The van der Waals surface area contributed by atoms with Crippen LogP contribution in [0.5, 0.6) is 0 Å². The van der Waals surface area contributed by atoms with Gasteiger partial charge in [-0.05, 0) is 24.5 Å². The van der Waals surface area contributed by atoms with E-state index >= 15 is 0 Å². The molecule has 0 fully saturated rings. The molecule has 3 N–H and O–H groups in total. The molecule has 0 aliphatic heterocycles. The maximum atomic E-state index is 5.53. The van der Waals surface area contributed by atoms with E-state index in [2.05, 4.69) is 23.4 Å². The van der Waals surface area contributed by atoms with E-state index in [1.54, 1.807) is 6.20 Å². The zero-order chi connectivity index (χ0) is 10.9. The molecular weight excluding hydrogens is 186 g/mol. The topological polar surface area (TPSA) is 50.9 Å². The van der Waals surface area contributed by atoms with Crippen LogP contribution in [-0.2, 0) is 6.42 Å². The highest BCUT2D eigenvalue weighted by molar-refractivity contribution is 5.09. The lowest BCUT2D eigenvalue weighted by Crippen LogP contribution is -2.36. The predicted molar refractivity (Wildman–Crippen MR) is 63.2 cm³/mol. The predicted octanol–water partition coefficient (Wildman–Crippen LogP) is 2.04. The first-order valence-electron chi connectivity index (χ1n) is 5.71. The third kappa shape index (κ3) is 4.91. The second-order valence-corrected chi connectivity index (χ2v) is 3.92. The monoisotopic (exact) mass is 207 g/mol. The van der Waals surface area contributed by atoms with Crippen LogP contribution >= 0.6 is 0 Å². The normalized spacial score (nSPS) is 12.7. The van der Waals surface area contributed by atoms with Crippen molar-refractivity contribution in [2.24, 2.45) is 5.84 Å². The van der Waals surface area contributed by atoms with Gasteiger partial charge in [-0.1, -0.05) is 32.3 Å². The highest BCUT2D eigenvalue weighted by atomic mass is 15.2. The molecule has 0 saturated heterocycles. The number of rotatable bonds is 7. The van der Waals surface area contributed by atoms with E-state index in [1.807, 2.05) is 12.3 Å². The van der Waals surface area contributed by atoms with E-state index in [9.17, 15) is 0 Å². The maximum absolute atomic E-state index is 5.53. The molecule has 1 aromatic rings. The summed E-state index contributed by atoms with van der Waals surface area (Å²) in [7, 11) is 0. The Hall–Kier alpha value is -0.930. The van der Waals surface area contributed by atoms with Gasteiger partial charge in [0.2, 0.25) is 0 Å². The molecule has 0 amide bonds. The number of nitrogens with two attached hydrogens (primary N) is 1. The van der Waals surface area contributed by atoms with Gasteiger partial charge < -0.3 is 0 Å². The van der Waals surface area contributed by atoms with Crippen molar-refractivity contribution in [1.82, 2.24) is 10.4 Å². The summed E-state index contributed by atoms with van der Waals surface area (Å²) in [5.74, 6) is 5.53. The fourth-order valence-corrected chi connectivity index (χ4v) is 1.69. The van der Waals surface area contributed by atoms with Crippen LogP contribution in [0, 0.1) is 0 Å². The second kappa shape index (κ2) is 7.37. The Kier molecular flexibility index (Phi) is 5.97. The lowest BCUT2D eigenvalue weighted by molar-refractivity contribution is 0.466. The van der Waals surface area contributed by atoms with Gasteiger partial charge in [0, 0.05) is 18.4 Å². The quantitative estimate of drug-likeness (QED) is 0.408. The minimum atomic E-state index is 0.376. The fourth-order valence-electron chi connectivity index (χ4n) is 1.69. The number of hydrogen-bond donors (Lipinski definition) is 2. The minimum absolute atomic E-state index is 0.376. The number of nitrogens with zero attached hydrogens (tertiary/aromatic N) is 1. The molecule has 3 nitrogen and oxygen atoms in total. The number of aromatic nitrogens is 1. The van der Waals surface area contributed by atoms with Gasteiger partial charge in [0.05, 0.1) is 0 Å². The minimum Gasteiger partial charge on any atom is -0.271 e. The lowest BCUT2D eigenvalue weighted by Gasteiger charge is -2.15. The Bertz CT molecular complexity index is 248. The van der Waals surface area contributed by atoms with Crippen LogP contribution in [0.1, 0.15) is 38.2 Å². The molecule has 1 aromatic heterocycles. The Morgan fingerprint density at radius 1 is 1.47 bits per heavy atom. The van der Waals surface area contributed by atoms with Gasteiger partial charge in [0.15, 0.2) is 0 Å². The molecule has 0 spiro atoms. The van der Waals surface area contributed by atoms with Gasteiger partial charge in [0.1, 0.15) is 0 Å². The molecule has 0 radical (unpaired) electrons. The average molecular weight is 207 g/mol. The maximum Gasteiger partial charge on any atom is 0.0300 e. The molecule has 84 valence electrons. The van der Waals surface area contributed by atoms with Crippen LogP contribution in [0.4, 0.5) is 0 Å². The molecule has 1 heterocycles. The standard InChI is InChI=1S/C12H21N3/c1-2-3-4-7-12(15-13)9-11-6-5-8-14-10-11/h5-6,8,10,12,15H,2-4,7,9,13H2,1H3. The van der Waals surface area contributed by atoms with Crippen molar-refractivity contribution in [2.45, 2.75) is 45.1 Å². The summed E-state index contributed by atoms with van der Waals surface area (Å²) < 4.78 is 0. The highest BCUT2D eigenvalue weighted by Crippen LogP contribution is 2.08. The average Bonchev–Trinajstić information content (AvgIpc) is 2.29. The molecule has 0 saturated carbocycles. The highest BCUT2D eigenvalue weighted by Gasteiger charge is 2.06. The first kappa shape index (κ1) is 12.1. The number of unbranched alkanes of at least 4 members (excludes halogenated alkanes) is 2. The molecule has 3 heteroatoms. The van der Waals surface area contributed by atoms with Gasteiger partial charge in [-0.2, -0.15) is 0 Å². The van der Waals surface area contributed by atoms with E-state index in [0.29, 0.717) is 6.04 Å². The van der Waals surface area contributed by atoms with Crippen LogP contribution in [-0.4, -0.2) is 11.0 Å². The van der Waals surface area contributed by atoms with Crippen molar-refractivity contribution in [3.63, 3.8) is 0 Å². The Labute approximate surface area is 92.1 Å². The fraction of sp³-hybridized carbons (Fsp3) is 0.583. The van der Waals surface area contributed by atoms with E-state index in [-0.39, 0.29) is 0 Å². The molecule has 15 heavy (non-hydrogen) atoms. The van der Waals surface area contributed by atoms with Gasteiger partial charge in [-0.25, -0.2) is 0 Å². The van der Waals surface area contributed by atoms with Gasteiger partial charge in [-0.15, -0.1) is 0 Å². The second-order valence-electron chi connectivity index (χ2n) is 3.92. The molecule has 0 aliphatic carbocycles. The Morgan fingerprint density at radius 3 is 2.93 bits per heavy atom. The Morgan fingerprint density at radius 2 is 2.33 bits per heavy atom. The SMILES string of the molecule is CCCCCC(Cc1cccnc1)NN. The molecule has 0 aromatic carbocycles. The van der Waals surface area contributed by atoms with Crippen molar-refractivity contribution in [3.8, 4) is 0 Å². The van der Waals surface area contributed by atoms with Crippen molar-refractivity contribution in [3.05, 3.63) is 30.1 Å². The number of nitrogens with one attached hydrogen (secondary N) is 1. The molecular formula is C12H21N3. The molecule has 1 atom stereocenters. The van der Waals surface area contributed by atoms with Crippen LogP contribution in [0.2, 0.25) is 0 Å². The van der Waals surface area contributed by atoms with E-state index < -0.39 is 0 Å². The smallest absolute Gasteiger partial charge is 0.0300 e. The third-order valence-electron chi connectivity index (χ3n) is 2.60. The summed E-state index contributed by atoms with van der Waals surface area (Å²) in [5.41, 5.74) is 4.13. The van der Waals surface area contributed by atoms with Crippen molar-refractivity contribution in [2.75, 3.05) is 0 Å². The Balaban J connectivity index is 2.33. The van der Waals surface area contributed by atoms with Crippen LogP contribution < -0.4 is 11.3 Å². The van der Waals surface area contributed by atoms with Crippen LogP contribution in [0.25, 0.3) is 0 Å². The van der Waals surface area contributed by atoms with Crippen molar-refractivity contribution < 1.29 is 0 Å². The summed E-state index contributed by atoms with van der Waals surface area (Å²) in [6.45, 7) is 2.21. The summed E-state index contributed by atoms with van der Waals surface area (Å²) in [4.78, 5) is 4.10. The number of hydrogen-bond acceptors (Lipinski definition) is 3. The number of pyridine rings is 1. The molecule has 1 rings (SSSR count). The first-order chi connectivity index (χ1) is 7.36. The van der Waals surface area contributed by atoms with E-state index in [1.165, 1.54) is 24.8 Å². The largest absolute Gasteiger partial charge is 0.271 e. The summed E-state index contributed by atoms with van der Waals surface area (Å²) in [6, 6.07) is 4.44. The van der Waals surface area contributed by atoms with Crippen molar-refractivity contribution >= 4 is 0 Å². The van der Waals surface area contributed by atoms with Crippen LogP contribution in [0.15, 0.2) is 24.5 Å². The zero-order valence-corrected chi connectivity index (χ0v) is 9.45. The summed E-state index contributed by atoms with van der Waals surface area (Å²) in [5, 5.41) is 0. The lowest BCUT2D eigenvalue weighted by atomic mass is 10.0. The van der Waals surface area contributed by atoms with E-state index in [4.69, 9.17) is 5.84 Å². The third-order valence-corrected chi connectivity index (χ3v) is 2.60. The van der Waals surface area contributed by atoms with Gasteiger partial charge >= 0.3 is 0 Å². The molecule has 1 unspecified atom stereocenters.